The molecular weight excluding hydrogens is 276 g/mol. The Hall–Kier alpha value is -1.92. The summed E-state index contributed by atoms with van der Waals surface area (Å²) in [5.74, 6) is -2.64. The average molecular weight is 292 g/mol. The van der Waals surface area contributed by atoms with E-state index in [9.17, 15) is 14.7 Å². The fourth-order valence-electron chi connectivity index (χ4n) is 3.22. The molecule has 2 aliphatic heterocycles. The van der Waals surface area contributed by atoms with E-state index >= 15 is 0 Å². The minimum absolute atomic E-state index is 0.156. The lowest BCUT2D eigenvalue weighted by molar-refractivity contribution is -0.237. The third-order valence-electron chi connectivity index (χ3n) is 4.11. The number of hydrogen-bond donors (Lipinski definition) is 1. The summed E-state index contributed by atoms with van der Waals surface area (Å²) in [5.41, 5.74) is -1.03. The molecule has 4 atom stereocenters. The molecule has 1 saturated heterocycles. The van der Waals surface area contributed by atoms with E-state index < -0.39 is 35.7 Å². The number of methoxy groups -OCH3 is 1. The predicted octanol–water partition coefficient (Wildman–Crippen LogP) is 0.680. The van der Waals surface area contributed by atoms with Crippen LogP contribution < -0.4 is 0 Å². The van der Waals surface area contributed by atoms with Crippen molar-refractivity contribution in [3.05, 3.63) is 35.4 Å². The van der Waals surface area contributed by atoms with Gasteiger partial charge in [-0.05, 0) is 6.92 Å². The number of esters is 2. The summed E-state index contributed by atoms with van der Waals surface area (Å²) >= 11 is 0. The molecular formula is C15H16O6. The van der Waals surface area contributed by atoms with Crippen LogP contribution in [-0.4, -0.2) is 36.9 Å². The molecule has 4 rings (SSSR count). The van der Waals surface area contributed by atoms with Crippen molar-refractivity contribution in [2.24, 2.45) is 5.92 Å². The van der Waals surface area contributed by atoms with Gasteiger partial charge >= 0.3 is 11.9 Å². The third kappa shape index (κ3) is 1.72. The molecule has 0 radical (unpaired) electrons. The molecule has 1 N–H and O–H groups in total. The average Bonchev–Trinajstić information content (AvgIpc) is 2.48. The fourth-order valence-corrected chi connectivity index (χ4v) is 3.22. The monoisotopic (exact) mass is 292 g/mol. The number of ether oxygens (including phenoxy) is 3. The van der Waals surface area contributed by atoms with Crippen LogP contribution in [-0.2, 0) is 29.4 Å². The molecule has 6 heteroatoms. The summed E-state index contributed by atoms with van der Waals surface area (Å²) in [7, 11) is 1.41. The number of fused-ring (bicyclic) bond motifs is 2. The zero-order chi connectivity index (χ0) is 15.2. The minimum atomic E-state index is -2.07. The summed E-state index contributed by atoms with van der Waals surface area (Å²) in [6.45, 7) is 1.82. The first-order valence-corrected chi connectivity index (χ1v) is 6.78. The van der Waals surface area contributed by atoms with Gasteiger partial charge in [-0.1, -0.05) is 24.3 Å². The van der Waals surface area contributed by atoms with Gasteiger partial charge in [-0.15, -0.1) is 0 Å². The highest BCUT2D eigenvalue weighted by atomic mass is 16.6. The molecule has 6 nitrogen and oxygen atoms in total. The molecule has 2 heterocycles. The number of rotatable bonds is 3. The summed E-state index contributed by atoms with van der Waals surface area (Å²) in [4.78, 5) is 24.4. The predicted molar refractivity (Wildman–Crippen MR) is 70.1 cm³/mol. The Morgan fingerprint density at radius 2 is 2.14 bits per heavy atom. The lowest BCUT2D eigenvalue weighted by atomic mass is 9.66. The van der Waals surface area contributed by atoms with Crippen LogP contribution in [0.1, 0.15) is 24.2 Å². The maximum atomic E-state index is 12.2. The Bertz CT molecular complexity index is 598. The second-order valence-corrected chi connectivity index (χ2v) is 5.11. The van der Waals surface area contributed by atoms with Crippen LogP contribution in [0.3, 0.4) is 0 Å². The Morgan fingerprint density at radius 1 is 1.43 bits per heavy atom. The Balaban J connectivity index is 2.18. The highest BCUT2D eigenvalue weighted by Crippen LogP contribution is 2.52. The van der Waals surface area contributed by atoms with Crippen molar-refractivity contribution in [3.63, 3.8) is 0 Å². The Labute approximate surface area is 121 Å². The first-order chi connectivity index (χ1) is 10.1. The summed E-state index contributed by atoms with van der Waals surface area (Å²) in [5, 5.41) is 10.9. The highest BCUT2D eigenvalue weighted by Gasteiger charge is 2.66. The molecule has 2 bridgehead atoms. The van der Waals surface area contributed by atoms with Crippen molar-refractivity contribution in [2.75, 3.05) is 13.7 Å². The molecule has 0 saturated carbocycles. The van der Waals surface area contributed by atoms with Gasteiger partial charge in [0.2, 0.25) is 5.60 Å². The van der Waals surface area contributed by atoms with Gasteiger partial charge in [0.1, 0.15) is 12.0 Å². The largest absolute Gasteiger partial charge is 0.466 e. The molecule has 3 aliphatic rings. The van der Waals surface area contributed by atoms with Crippen molar-refractivity contribution in [2.45, 2.75) is 24.7 Å². The van der Waals surface area contributed by atoms with E-state index in [1.165, 1.54) is 7.11 Å². The van der Waals surface area contributed by atoms with Crippen molar-refractivity contribution in [3.8, 4) is 0 Å². The fraction of sp³-hybridized carbons (Fsp3) is 0.467. The molecule has 1 aromatic rings. The molecule has 112 valence electrons. The van der Waals surface area contributed by atoms with Crippen LogP contribution >= 0.6 is 0 Å². The topological polar surface area (TPSA) is 82.1 Å². The van der Waals surface area contributed by atoms with Crippen LogP contribution in [0.5, 0.6) is 0 Å². The molecule has 1 fully saturated rings. The second-order valence-electron chi connectivity index (χ2n) is 5.11. The molecule has 1 aliphatic carbocycles. The maximum Gasteiger partial charge on any atom is 0.344 e. The van der Waals surface area contributed by atoms with Gasteiger partial charge in [0.05, 0.1) is 6.61 Å². The third-order valence-corrected chi connectivity index (χ3v) is 4.11. The summed E-state index contributed by atoms with van der Waals surface area (Å²) in [6, 6.07) is 6.86. The molecule has 1 aromatic carbocycles. The molecule has 21 heavy (non-hydrogen) atoms. The first-order valence-electron chi connectivity index (χ1n) is 6.78. The summed E-state index contributed by atoms with van der Waals surface area (Å²) in [6.07, 6.45) is -1.50. The Morgan fingerprint density at radius 3 is 2.81 bits per heavy atom. The highest BCUT2D eigenvalue weighted by molar-refractivity contribution is 5.92. The van der Waals surface area contributed by atoms with Crippen LogP contribution in [0.15, 0.2) is 24.3 Å². The van der Waals surface area contributed by atoms with Crippen molar-refractivity contribution in [1.29, 1.82) is 0 Å². The first kappa shape index (κ1) is 14.0. The van der Waals surface area contributed by atoms with Gasteiger partial charge in [-0.3, -0.25) is 4.79 Å². The number of hydrogen-bond acceptors (Lipinski definition) is 6. The second kappa shape index (κ2) is 4.82. The van der Waals surface area contributed by atoms with Gasteiger partial charge in [0.15, 0.2) is 6.10 Å². The maximum absolute atomic E-state index is 12.2. The number of carbonyl (C=O) groups excluding carboxylic acids is 2. The van der Waals surface area contributed by atoms with Crippen molar-refractivity contribution in [1.82, 2.24) is 0 Å². The van der Waals surface area contributed by atoms with Crippen LogP contribution in [0.25, 0.3) is 0 Å². The number of aliphatic hydroxyl groups is 1. The van der Waals surface area contributed by atoms with E-state index in [1.807, 2.05) is 0 Å². The zero-order valence-electron chi connectivity index (χ0n) is 11.7. The van der Waals surface area contributed by atoms with Crippen LogP contribution in [0, 0.1) is 5.92 Å². The van der Waals surface area contributed by atoms with E-state index in [2.05, 4.69) is 0 Å². The molecule has 0 amide bonds. The number of benzene rings is 1. The van der Waals surface area contributed by atoms with E-state index in [4.69, 9.17) is 14.2 Å². The van der Waals surface area contributed by atoms with Gasteiger partial charge in [-0.2, -0.15) is 0 Å². The lowest BCUT2D eigenvalue weighted by Gasteiger charge is -2.50. The smallest absolute Gasteiger partial charge is 0.344 e. The SMILES string of the molecule is CCOC(=O)[C@@H]1[C@H](OC)[C@@H]2OC(=O)[C@@]1(O)c1ccccc12. The van der Waals surface area contributed by atoms with Crippen molar-refractivity contribution >= 4 is 11.9 Å². The molecule has 0 spiro atoms. The van der Waals surface area contributed by atoms with Gasteiger partial charge < -0.3 is 19.3 Å². The molecule has 0 unspecified atom stereocenters. The minimum Gasteiger partial charge on any atom is -0.466 e. The molecule has 0 aromatic heterocycles. The van der Waals surface area contributed by atoms with Crippen LogP contribution in [0.4, 0.5) is 0 Å². The van der Waals surface area contributed by atoms with E-state index in [-0.39, 0.29) is 6.61 Å². The normalized spacial score (nSPS) is 33.3. The van der Waals surface area contributed by atoms with Gasteiger partial charge in [0, 0.05) is 18.2 Å². The van der Waals surface area contributed by atoms with E-state index in [1.54, 1.807) is 31.2 Å². The zero-order valence-corrected chi connectivity index (χ0v) is 11.7. The van der Waals surface area contributed by atoms with E-state index in [0.717, 1.165) is 0 Å². The standard InChI is InChI=1S/C15H16O6/c1-3-20-13(16)10-12(19-2)11-8-6-4-5-7-9(8)15(10,18)14(17)21-11/h4-7,10-12,18H,3H2,1-2H3/t10-,11+,12-,15+/m0/s1. The quantitative estimate of drug-likeness (QED) is 0.825. The van der Waals surface area contributed by atoms with Crippen LogP contribution in [0.2, 0.25) is 0 Å². The Kier molecular flexibility index (Phi) is 3.22. The lowest BCUT2D eigenvalue weighted by Crippen LogP contribution is -2.63. The summed E-state index contributed by atoms with van der Waals surface area (Å²) < 4.78 is 15.6. The van der Waals surface area contributed by atoms with Crippen molar-refractivity contribution < 1.29 is 28.9 Å². The number of carbonyl (C=O) groups is 2. The van der Waals surface area contributed by atoms with E-state index in [0.29, 0.717) is 11.1 Å². The van der Waals surface area contributed by atoms with Gasteiger partial charge in [0.25, 0.3) is 0 Å². The van der Waals surface area contributed by atoms with Gasteiger partial charge in [-0.25, -0.2) is 4.79 Å².